The maximum atomic E-state index is 12.0. The number of nitrogens with zero attached hydrogens (tertiary/aromatic N) is 2. The highest BCUT2D eigenvalue weighted by molar-refractivity contribution is 9.10. The van der Waals surface area contributed by atoms with Gasteiger partial charge >= 0.3 is 0 Å². The van der Waals surface area contributed by atoms with Crippen LogP contribution in [-0.4, -0.2) is 21.0 Å². The fourth-order valence-corrected chi connectivity index (χ4v) is 2.04. The third kappa shape index (κ3) is 3.42. The first-order valence-corrected chi connectivity index (χ1v) is 6.44. The highest BCUT2D eigenvalue weighted by Gasteiger charge is 2.13. The molecule has 0 atom stereocenters. The number of anilines is 1. The molecule has 7 heteroatoms. The average molecular weight is 343 g/mol. The number of aromatic hydroxyl groups is 1. The molecule has 0 saturated heterocycles. The van der Waals surface area contributed by atoms with Crippen LogP contribution in [0.1, 0.15) is 16.1 Å². The summed E-state index contributed by atoms with van der Waals surface area (Å²) in [6.45, 7) is 1.74. The highest BCUT2D eigenvalue weighted by Crippen LogP contribution is 2.23. The third-order valence-electron chi connectivity index (χ3n) is 2.25. The average Bonchev–Trinajstić information content (AvgIpc) is 2.26. The minimum atomic E-state index is -0.508. The topological polar surface area (TPSA) is 75.1 Å². The number of hydrogen-bond acceptors (Lipinski definition) is 4. The second-order valence-electron chi connectivity index (χ2n) is 3.77. The molecule has 2 rings (SSSR count). The molecule has 1 amide bonds. The Hall–Kier alpha value is -1.66. The zero-order valence-electron chi connectivity index (χ0n) is 9.82. The normalized spacial score (nSPS) is 10.3. The standard InChI is InChI=1S/C12H9BrClN3O2/c1-6-4-10(14)16-12(15-6)17-11(19)8-3-2-7(13)5-9(8)18/h2-5,18H,1H3,(H,15,16,17,19). The Balaban J connectivity index is 2.25. The van der Waals surface area contributed by atoms with Crippen molar-refractivity contribution in [2.24, 2.45) is 0 Å². The van der Waals surface area contributed by atoms with Crippen molar-refractivity contribution in [3.8, 4) is 5.75 Å². The summed E-state index contributed by atoms with van der Waals surface area (Å²) in [5, 5.41) is 12.4. The number of aromatic nitrogens is 2. The number of phenolic OH excluding ortho intramolecular Hbond substituents is 1. The fraction of sp³-hybridized carbons (Fsp3) is 0.0833. The Morgan fingerprint density at radius 3 is 2.74 bits per heavy atom. The third-order valence-corrected chi connectivity index (χ3v) is 2.94. The van der Waals surface area contributed by atoms with E-state index in [1.54, 1.807) is 19.1 Å². The summed E-state index contributed by atoms with van der Waals surface area (Å²) >= 11 is 8.97. The summed E-state index contributed by atoms with van der Waals surface area (Å²) in [7, 11) is 0. The van der Waals surface area contributed by atoms with E-state index in [9.17, 15) is 9.90 Å². The van der Waals surface area contributed by atoms with Crippen molar-refractivity contribution in [2.45, 2.75) is 6.92 Å². The highest BCUT2D eigenvalue weighted by atomic mass is 79.9. The monoisotopic (exact) mass is 341 g/mol. The molecule has 1 aromatic heterocycles. The van der Waals surface area contributed by atoms with Gasteiger partial charge in [-0.3, -0.25) is 10.1 Å². The molecule has 19 heavy (non-hydrogen) atoms. The van der Waals surface area contributed by atoms with Crippen LogP contribution in [0.4, 0.5) is 5.95 Å². The van der Waals surface area contributed by atoms with Crippen molar-refractivity contribution in [1.29, 1.82) is 0 Å². The van der Waals surface area contributed by atoms with Crippen LogP contribution in [0.3, 0.4) is 0 Å². The van der Waals surface area contributed by atoms with Gasteiger partial charge in [-0.05, 0) is 31.2 Å². The smallest absolute Gasteiger partial charge is 0.261 e. The minimum absolute atomic E-state index is 0.0947. The van der Waals surface area contributed by atoms with Crippen molar-refractivity contribution in [2.75, 3.05) is 5.32 Å². The molecule has 2 N–H and O–H groups in total. The van der Waals surface area contributed by atoms with Crippen LogP contribution in [0, 0.1) is 6.92 Å². The molecule has 0 unspecified atom stereocenters. The predicted octanol–water partition coefficient (Wildman–Crippen LogP) is 3.16. The number of hydrogen-bond donors (Lipinski definition) is 2. The molecule has 0 aliphatic carbocycles. The van der Waals surface area contributed by atoms with E-state index < -0.39 is 5.91 Å². The van der Waals surface area contributed by atoms with Gasteiger partial charge < -0.3 is 5.11 Å². The molecule has 98 valence electrons. The number of amides is 1. The van der Waals surface area contributed by atoms with Gasteiger partial charge in [-0.15, -0.1) is 0 Å². The molecule has 0 radical (unpaired) electrons. The summed E-state index contributed by atoms with van der Waals surface area (Å²) in [6, 6.07) is 6.15. The van der Waals surface area contributed by atoms with Crippen molar-refractivity contribution < 1.29 is 9.90 Å². The molecular formula is C12H9BrClN3O2. The molecular weight excluding hydrogens is 334 g/mol. The Bertz CT molecular complexity index is 629. The van der Waals surface area contributed by atoms with Gasteiger partial charge in [0, 0.05) is 10.2 Å². The number of benzene rings is 1. The van der Waals surface area contributed by atoms with E-state index in [-0.39, 0.29) is 22.4 Å². The zero-order chi connectivity index (χ0) is 14.0. The Morgan fingerprint density at radius 1 is 1.37 bits per heavy atom. The van der Waals surface area contributed by atoms with Gasteiger partial charge in [0.1, 0.15) is 10.9 Å². The van der Waals surface area contributed by atoms with Gasteiger partial charge in [0.05, 0.1) is 5.56 Å². The maximum absolute atomic E-state index is 12.0. The Kier molecular flexibility index (Phi) is 4.01. The summed E-state index contributed by atoms with van der Waals surface area (Å²) in [6.07, 6.45) is 0. The fourth-order valence-electron chi connectivity index (χ4n) is 1.45. The lowest BCUT2D eigenvalue weighted by Crippen LogP contribution is -2.14. The lowest BCUT2D eigenvalue weighted by Gasteiger charge is -2.06. The van der Waals surface area contributed by atoms with Crippen molar-refractivity contribution in [3.63, 3.8) is 0 Å². The molecule has 2 aromatic rings. The Labute approximate surface area is 122 Å². The van der Waals surface area contributed by atoms with E-state index in [2.05, 4.69) is 31.2 Å². The van der Waals surface area contributed by atoms with Crippen LogP contribution in [0.2, 0.25) is 5.15 Å². The Morgan fingerprint density at radius 2 is 2.11 bits per heavy atom. The van der Waals surface area contributed by atoms with Crippen molar-refractivity contribution in [3.05, 3.63) is 45.1 Å². The second-order valence-corrected chi connectivity index (χ2v) is 5.07. The number of aryl methyl sites for hydroxylation is 1. The molecule has 0 fully saturated rings. The van der Waals surface area contributed by atoms with Gasteiger partial charge in [0.25, 0.3) is 5.91 Å². The van der Waals surface area contributed by atoms with Crippen LogP contribution in [0.5, 0.6) is 5.75 Å². The predicted molar refractivity (Wildman–Crippen MR) is 75.5 cm³/mol. The number of phenols is 1. The van der Waals surface area contributed by atoms with E-state index in [4.69, 9.17) is 11.6 Å². The van der Waals surface area contributed by atoms with Gasteiger partial charge in [-0.2, -0.15) is 0 Å². The molecule has 0 bridgehead atoms. The van der Waals surface area contributed by atoms with E-state index in [0.29, 0.717) is 10.2 Å². The molecule has 0 aliphatic heterocycles. The number of carbonyl (C=O) groups excluding carboxylic acids is 1. The second kappa shape index (κ2) is 5.54. The molecule has 1 aromatic carbocycles. The molecule has 1 heterocycles. The van der Waals surface area contributed by atoms with Crippen LogP contribution >= 0.6 is 27.5 Å². The van der Waals surface area contributed by atoms with E-state index >= 15 is 0 Å². The number of rotatable bonds is 2. The first-order valence-electron chi connectivity index (χ1n) is 5.27. The van der Waals surface area contributed by atoms with Gasteiger partial charge in [0.2, 0.25) is 5.95 Å². The maximum Gasteiger partial charge on any atom is 0.261 e. The first kappa shape index (κ1) is 13.8. The zero-order valence-corrected chi connectivity index (χ0v) is 12.2. The van der Waals surface area contributed by atoms with Crippen LogP contribution in [-0.2, 0) is 0 Å². The summed E-state index contributed by atoms with van der Waals surface area (Å²) in [5.74, 6) is -0.547. The SMILES string of the molecule is Cc1cc(Cl)nc(NC(=O)c2ccc(Br)cc2O)n1. The van der Waals surface area contributed by atoms with E-state index in [1.807, 2.05) is 0 Å². The summed E-state index contributed by atoms with van der Waals surface area (Å²) < 4.78 is 0.677. The number of nitrogens with one attached hydrogen (secondary N) is 1. The quantitative estimate of drug-likeness (QED) is 0.822. The van der Waals surface area contributed by atoms with E-state index in [1.165, 1.54) is 12.1 Å². The molecule has 0 spiro atoms. The lowest BCUT2D eigenvalue weighted by molar-refractivity contribution is 0.102. The van der Waals surface area contributed by atoms with E-state index in [0.717, 1.165) is 0 Å². The van der Waals surface area contributed by atoms with Crippen LogP contribution < -0.4 is 5.32 Å². The van der Waals surface area contributed by atoms with Crippen molar-refractivity contribution in [1.82, 2.24) is 9.97 Å². The van der Waals surface area contributed by atoms with Crippen LogP contribution in [0.15, 0.2) is 28.7 Å². The molecule has 5 nitrogen and oxygen atoms in total. The van der Waals surface area contributed by atoms with Gasteiger partial charge in [-0.25, -0.2) is 9.97 Å². The summed E-state index contributed by atoms with van der Waals surface area (Å²) in [4.78, 5) is 19.9. The van der Waals surface area contributed by atoms with Gasteiger partial charge in [0.15, 0.2) is 0 Å². The number of halogens is 2. The minimum Gasteiger partial charge on any atom is -0.507 e. The van der Waals surface area contributed by atoms with Gasteiger partial charge in [-0.1, -0.05) is 27.5 Å². The molecule has 0 saturated carbocycles. The lowest BCUT2D eigenvalue weighted by atomic mass is 10.2. The van der Waals surface area contributed by atoms with Crippen molar-refractivity contribution >= 4 is 39.4 Å². The summed E-state index contributed by atoms with van der Waals surface area (Å²) in [5.41, 5.74) is 0.764. The largest absolute Gasteiger partial charge is 0.507 e. The number of carbonyl (C=O) groups is 1. The van der Waals surface area contributed by atoms with Crippen LogP contribution in [0.25, 0.3) is 0 Å². The first-order chi connectivity index (χ1) is 8.95. The molecule has 0 aliphatic rings.